The predicted molar refractivity (Wildman–Crippen MR) is 88.7 cm³/mol. The Hall–Kier alpha value is -1.71. The van der Waals surface area contributed by atoms with E-state index in [1.54, 1.807) is 6.07 Å². The largest absolute Gasteiger partial charge is 0.399 e. The number of amides is 1. The van der Waals surface area contributed by atoms with Crippen LogP contribution >= 0.6 is 0 Å². The number of nitrogens with zero attached hydrogens (tertiary/aromatic N) is 2. The number of anilines is 2. The van der Waals surface area contributed by atoms with E-state index < -0.39 is 0 Å². The van der Waals surface area contributed by atoms with Crippen LogP contribution in [0.1, 0.15) is 43.0 Å². The molecule has 0 aliphatic heterocycles. The van der Waals surface area contributed by atoms with E-state index in [4.69, 9.17) is 5.73 Å². The van der Waals surface area contributed by atoms with E-state index in [0.717, 1.165) is 12.1 Å². The topological polar surface area (TPSA) is 49.6 Å². The van der Waals surface area contributed by atoms with Crippen molar-refractivity contribution in [3.05, 3.63) is 23.8 Å². The molecule has 2 rings (SSSR count). The third kappa shape index (κ3) is 3.31. The Balaban J connectivity index is 2.28. The third-order valence-corrected chi connectivity index (χ3v) is 4.62. The van der Waals surface area contributed by atoms with Crippen LogP contribution in [0.25, 0.3) is 0 Å². The number of carbonyl (C=O) groups is 1. The van der Waals surface area contributed by atoms with Crippen LogP contribution < -0.4 is 10.6 Å². The first-order chi connectivity index (χ1) is 9.91. The van der Waals surface area contributed by atoms with Crippen molar-refractivity contribution in [1.29, 1.82) is 0 Å². The SMILES string of the molecule is CC1CCCCC1N(C)C(=O)c1cc(N)ccc1N(C)C. The van der Waals surface area contributed by atoms with Crippen LogP contribution in [0.2, 0.25) is 0 Å². The minimum atomic E-state index is 0.0738. The molecule has 0 radical (unpaired) electrons. The van der Waals surface area contributed by atoms with Gasteiger partial charge in [0.2, 0.25) is 0 Å². The zero-order valence-corrected chi connectivity index (χ0v) is 13.6. The van der Waals surface area contributed by atoms with Crippen LogP contribution in [0.15, 0.2) is 18.2 Å². The Bertz CT molecular complexity index is 513. The predicted octanol–water partition coefficient (Wildman–Crippen LogP) is 2.99. The molecule has 21 heavy (non-hydrogen) atoms. The number of benzene rings is 1. The minimum absolute atomic E-state index is 0.0738. The molecule has 1 saturated carbocycles. The Kier molecular flexibility index (Phi) is 4.76. The summed E-state index contributed by atoms with van der Waals surface area (Å²) in [6, 6.07) is 5.89. The lowest BCUT2D eigenvalue weighted by Crippen LogP contribution is -2.43. The van der Waals surface area contributed by atoms with Crippen molar-refractivity contribution in [2.45, 2.75) is 38.6 Å². The first kappa shape index (κ1) is 15.7. The molecule has 2 atom stereocenters. The molecule has 4 heteroatoms. The fourth-order valence-electron chi connectivity index (χ4n) is 3.33. The Morgan fingerprint density at radius 2 is 1.86 bits per heavy atom. The first-order valence-corrected chi connectivity index (χ1v) is 7.76. The maximum Gasteiger partial charge on any atom is 0.256 e. The van der Waals surface area contributed by atoms with Crippen LogP contribution in [-0.4, -0.2) is 38.0 Å². The van der Waals surface area contributed by atoms with Gasteiger partial charge in [0.1, 0.15) is 0 Å². The van der Waals surface area contributed by atoms with Crippen LogP contribution in [-0.2, 0) is 0 Å². The second kappa shape index (κ2) is 6.37. The van der Waals surface area contributed by atoms with Crippen LogP contribution in [0.3, 0.4) is 0 Å². The van der Waals surface area contributed by atoms with Crippen LogP contribution in [0.4, 0.5) is 11.4 Å². The first-order valence-electron chi connectivity index (χ1n) is 7.76. The van der Waals surface area contributed by atoms with Gasteiger partial charge in [-0.1, -0.05) is 19.8 Å². The van der Waals surface area contributed by atoms with Gasteiger partial charge in [-0.3, -0.25) is 4.79 Å². The number of hydrogen-bond acceptors (Lipinski definition) is 3. The van der Waals surface area contributed by atoms with Crippen LogP contribution in [0, 0.1) is 5.92 Å². The highest BCUT2D eigenvalue weighted by atomic mass is 16.2. The van der Waals surface area contributed by atoms with E-state index in [0.29, 0.717) is 23.2 Å². The van der Waals surface area contributed by atoms with Crippen molar-refractivity contribution >= 4 is 17.3 Å². The Morgan fingerprint density at radius 1 is 1.19 bits per heavy atom. The quantitative estimate of drug-likeness (QED) is 0.870. The highest BCUT2D eigenvalue weighted by Crippen LogP contribution is 2.30. The van der Waals surface area contributed by atoms with Gasteiger partial charge in [-0.25, -0.2) is 0 Å². The summed E-state index contributed by atoms with van der Waals surface area (Å²) in [5, 5.41) is 0. The van der Waals surface area contributed by atoms with Gasteiger partial charge in [-0.05, 0) is 37.0 Å². The lowest BCUT2D eigenvalue weighted by molar-refractivity contribution is 0.0629. The van der Waals surface area contributed by atoms with E-state index in [2.05, 4.69) is 6.92 Å². The smallest absolute Gasteiger partial charge is 0.256 e. The molecule has 1 aliphatic rings. The molecule has 4 nitrogen and oxygen atoms in total. The number of hydrogen-bond donors (Lipinski definition) is 1. The number of nitrogen functional groups attached to an aromatic ring is 1. The molecule has 1 aromatic carbocycles. The lowest BCUT2D eigenvalue weighted by Gasteiger charge is -2.36. The van der Waals surface area contributed by atoms with Crippen molar-refractivity contribution in [2.24, 2.45) is 5.92 Å². The molecule has 2 unspecified atom stereocenters. The summed E-state index contributed by atoms with van der Waals surface area (Å²) in [6.45, 7) is 2.25. The molecule has 0 bridgehead atoms. The molecule has 0 spiro atoms. The molecule has 0 saturated heterocycles. The maximum atomic E-state index is 12.9. The van der Waals surface area contributed by atoms with E-state index in [9.17, 15) is 4.79 Å². The molecule has 116 valence electrons. The zero-order valence-electron chi connectivity index (χ0n) is 13.6. The standard InChI is InChI=1S/C17H27N3O/c1-12-7-5-6-8-15(12)20(4)17(21)14-11-13(18)9-10-16(14)19(2)3/h9-12,15H,5-8,18H2,1-4H3. The van der Waals surface area contributed by atoms with Crippen molar-refractivity contribution in [3.8, 4) is 0 Å². The van der Waals surface area contributed by atoms with Crippen molar-refractivity contribution < 1.29 is 4.79 Å². The fraction of sp³-hybridized carbons (Fsp3) is 0.588. The average Bonchev–Trinajstić information content (AvgIpc) is 2.45. The van der Waals surface area contributed by atoms with Gasteiger partial charge in [-0.2, -0.15) is 0 Å². The fourth-order valence-corrected chi connectivity index (χ4v) is 3.33. The summed E-state index contributed by atoms with van der Waals surface area (Å²) >= 11 is 0. The Morgan fingerprint density at radius 3 is 2.48 bits per heavy atom. The summed E-state index contributed by atoms with van der Waals surface area (Å²) < 4.78 is 0. The summed E-state index contributed by atoms with van der Waals surface area (Å²) in [5.74, 6) is 0.640. The summed E-state index contributed by atoms with van der Waals surface area (Å²) in [7, 11) is 5.83. The van der Waals surface area contributed by atoms with E-state index in [1.807, 2.05) is 43.1 Å². The minimum Gasteiger partial charge on any atom is -0.399 e. The van der Waals surface area contributed by atoms with Gasteiger partial charge in [0, 0.05) is 38.6 Å². The Labute approximate surface area is 127 Å². The van der Waals surface area contributed by atoms with E-state index in [-0.39, 0.29) is 5.91 Å². The molecule has 1 fully saturated rings. The molecule has 1 aliphatic carbocycles. The highest BCUT2D eigenvalue weighted by molar-refractivity contribution is 6.00. The van der Waals surface area contributed by atoms with Gasteiger partial charge in [-0.15, -0.1) is 0 Å². The monoisotopic (exact) mass is 289 g/mol. The second-order valence-electron chi connectivity index (χ2n) is 6.42. The second-order valence-corrected chi connectivity index (χ2v) is 6.42. The van der Waals surface area contributed by atoms with Gasteiger partial charge in [0.05, 0.1) is 5.56 Å². The van der Waals surface area contributed by atoms with Gasteiger partial charge in [0.25, 0.3) is 5.91 Å². The molecule has 1 amide bonds. The van der Waals surface area contributed by atoms with Gasteiger partial charge < -0.3 is 15.5 Å². The van der Waals surface area contributed by atoms with E-state index >= 15 is 0 Å². The number of nitrogens with two attached hydrogens (primary N) is 1. The molecular formula is C17H27N3O. The average molecular weight is 289 g/mol. The van der Waals surface area contributed by atoms with Crippen molar-refractivity contribution in [3.63, 3.8) is 0 Å². The van der Waals surface area contributed by atoms with Gasteiger partial charge >= 0.3 is 0 Å². The molecule has 2 N–H and O–H groups in total. The summed E-state index contributed by atoms with van der Waals surface area (Å²) in [4.78, 5) is 16.8. The summed E-state index contributed by atoms with van der Waals surface area (Å²) in [6.07, 6.45) is 4.80. The zero-order chi connectivity index (χ0) is 15.6. The molecule has 0 aromatic heterocycles. The highest BCUT2D eigenvalue weighted by Gasteiger charge is 2.29. The van der Waals surface area contributed by atoms with Gasteiger partial charge in [0.15, 0.2) is 0 Å². The molecule has 0 heterocycles. The third-order valence-electron chi connectivity index (χ3n) is 4.62. The van der Waals surface area contributed by atoms with Crippen molar-refractivity contribution in [2.75, 3.05) is 31.8 Å². The normalized spacial score (nSPS) is 21.9. The number of carbonyl (C=O) groups excluding carboxylic acids is 1. The van der Waals surface area contributed by atoms with Crippen LogP contribution in [0.5, 0.6) is 0 Å². The molecular weight excluding hydrogens is 262 g/mol. The number of rotatable bonds is 3. The summed E-state index contributed by atoms with van der Waals surface area (Å²) in [5.41, 5.74) is 8.13. The van der Waals surface area contributed by atoms with E-state index in [1.165, 1.54) is 19.3 Å². The molecule has 1 aromatic rings. The maximum absolute atomic E-state index is 12.9. The lowest BCUT2D eigenvalue weighted by atomic mass is 9.85. The van der Waals surface area contributed by atoms with Crippen molar-refractivity contribution in [1.82, 2.24) is 4.90 Å².